The predicted molar refractivity (Wildman–Crippen MR) is 77.6 cm³/mol. The molecule has 0 bridgehead atoms. The van der Waals surface area contributed by atoms with Crippen LogP contribution in [0, 0.1) is 11.6 Å². The molecule has 1 spiro atoms. The Morgan fingerprint density at radius 1 is 1.26 bits per heavy atom. The minimum atomic E-state index is -1.14. The van der Waals surface area contributed by atoms with Gasteiger partial charge in [-0.3, -0.25) is 9.59 Å². The molecule has 3 rings (SSSR count). The Morgan fingerprint density at radius 3 is 2.43 bits per heavy atom. The normalized spacial score (nSPS) is 23.5. The van der Waals surface area contributed by atoms with Crippen LogP contribution in [0.25, 0.3) is 0 Å². The van der Waals surface area contributed by atoms with Gasteiger partial charge in [-0.15, -0.1) is 0 Å². The molecule has 1 saturated heterocycles. The fourth-order valence-corrected chi connectivity index (χ4v) is 3.66. The average Bonchev–Trinajstić information content (AvgIpc) is 2.92. The monoisotopic (exact) mass is 324 g/mol. The van der Waals surface area contributed by atoms with Gasteiger partial charge < -0.3 is 15.3 Å². The number of amides is 1. The lowest BCUT2D eigenvalue weighted by Crippen LogP contribution is -2.64. The first-order valence-electron chi connectivity index (χ1n) is 7.65. The van der Waals surface area contributed by atoms with Gasteiger partial charge in [0.1, 0.15) is 18.2 Å². The lowest BCUT2D eigenvalue weighted by Gasteiger charge is -2.45. The molecule has 7 heteroatoms. The van der Waals surface area contributed by atoms with Crippen LogP contribution >= 0.6 is 0 Å². The van der Waals surface area contributed by atoms with Gasteiger partial charge in [-0.05, 0) is 30.5 Å². The summed E-state index contributed by atoms with van der Waals surface area (Å²) < 4.78 is 27.0. The smallest absolute Gasteiger partial charge is 0.323 e. The molecule has 1 aromatic rings. The summed E-state index contributed by atoms with van der Waals surface area (Å²) in [6.07, 6.45) is 3.12. The predicted octanol–water partition coefficient (Wildman–Crippen LogP) is 1.84. The van der Waals surface area contributed by atoms with Gasteiger partial charge in [0.25, 0.3) is 0 Å². The molecule has 1 saturated carbocycles. The van der Waals surface area contributed by atoms with E-state index < -0.39 is 35.7 Å². The van der Waals surface area contributed by atoms with Crippen molar-refractivity contribution >= 4 is 11.9 Å². The summed E-state index contributed by atoms with van der Waals surface area (Å²) >= 11 is 0. The van der Waals surface area contributed by atoms with Crippen molar-refractivity contribution < 1.29 is 23.5 Å². The number of aliphatic carboxylic acids is 1. The summed E-state index contributed by atoms with van der Waals surface area (Å²) in [7, 11) is 0. The molecule has 23 heavy (non-hydrogen) atoms. The number of nitrogens with zero attached hydrogens (tertiary/aromatic N) is 1. The highest BCUT2D eigenvalue weighted by Gasteiger charge is 2.49. The van der Waals surface area contributed by atoms with Gasteiger partial charge in [-0.25, -0.2) is 8.78 Å². The molecular weight excluding hydrogens is 306 g/mol. The van der Waals surface area contributed by atoms with Crippen LogP contribution in [0.15, 0.2) is 18.2 Å². The highest BCUT2D eigenvalue weighted by atomic mass is 19.1. The quantitative estimate of drug-likeness (QED) is 0.890. The van der Waals surface area contributed by atoms with Crippen LogP contribution in [-0.4, -0.2) is 40.5 Å². The van der Waals surface area contributed by atoms with Crippen LogP contribution in [0.2, 0.25) is 0 Å². The SMILES string of the molecule is O=C(O)CN1C(=O)C2(CCCC2)NCC1c1cc(F)cc(F)c1. The summed E-state index contributed by atoms with van der Waals surface area (Å²) in [6.45, 7) is -0.201. The average molecular weight is 324 g/mol. The number of carboxylic acid groups (broad SMARTS) is 1. The Balaban J connectivity index is 1.95. The van der Waals surface area contributed by atoms with E-state index in [9.17, 15) is 18.4 Å². The van der Waals surface area contributed by atoms with Crippen molar-refractivity contribution in [3.05, 3.63) is 35.4 Å². The summed E-state index contributed by atoms with van der Waals surface area (Å²) in [5.41, 5.74) is -0.463. The van der Waals surface area contributed by atoms with Crippen LogP contribution in [0.3, 0.4) is 0 Å². The molecule has 2 N–H and O–H groups in total. The minimum Gasteiger partial charge on any atom is -0.480 e. The van der Waals surface area contributed by atoms with Gasteiger partial charge in [-0.2, -0.15) is 0 Å². The molecule has 1 heterocycles. The van der Waals surface area contributed by atoms with E-state index in [2.05, 4.69) is 5.32 Å². The maximum Gasteiger partial charge on any atom is 0.323 e. The Labute approximate surface area is 132 Å². The molecule has 5 nitrogen and oxygen atoms in total. The number of halogens is 2. The molecule has 1 unspecified atom stereocenters. The number of benzene rings is 1. The van der Waals surface area contributed by atoms with Crippen LogP contribution < -0.4 is 5.32 Å². The Morgan fingerprint density at radius 2 is 1.87 bits per heavy atom. The highest BCUT2D eigenvalue weighted by molar-refractivity contribution is 5.90. The molecule has 1 atom stereocenters. The lowest BCUT2D eigenvalue weighted by molar-refractivity contribution is -0.153. The molecule has 124 valence electrons. The minimum absolute atomic E-state index is 0.262. The third-order valence-electron chi connectivity index (χ3n) is 4.71. The second-order valence-corrected chi connectivity index (χ2v) is 6.22. The number of carbonyl (C=O) groups excluding carboxylic acids is 1. The Kier molecular flexibility index (Phi) is 4.06. The van der Waals surface area contributed by atoms with E-state index in [1.54, 1.807) is 0 Å². The van der Waals surface area contributed by atoms with Crippen molar-refractivity contribution in [3.63, 3.8) is 0 Å². The maximum atomic E-state index is 13.5. The van der Waals surface area contributed by atoms with E-state index in [4.69, 9.17) is 5.11 Å². The maximum absolute atomic E-state index is 13.5. The summed E-state index contributed by atoms with van der Waals surface area (Å²) in [6, 6.07) is 2.34. The van der Waals surface area contributed by atoms with Crippen molar-refractivity contribution in [2.75, 3.05) is 13.1 Å². The molecule has 0 radical (unpaired) electrons. The molecule has 0 aromatic heterocycles. The van der Waals surface area contributed by atoms with Gasteiger partial charge in [0.05, 0.1) is 11.6 Å². The first-order chi connectivity index (χ1) is 10.9. The zero-order chi connectivity index (χ0) is 16.6. The standard InChI is InChI=1S/C16H18F2N2O3/c17-11-5-10(6-12(18)7-11)13-8-19-16(3-1-2-4-16)15(23)20(13)9-14(21)22/h5-7,13,19H,1-4,8-9H2,(H,21,22). The first kappa shape index (κ1) is 15.9. The van der Waals surface area contributed by atoms with E-state index in [1.165, 1.54) is 4.90 Å². The van der Waals surface area contributed by atoms with Crippen molar-refractivity contribution in [2.24, 2.45) is 0 Å². The molecule has 1 amide bonds. The molecule has 1 aliphatic carbocycles. The third kappa shape index (κ3) is 2.93. The Bertz CT molecular complexity index is 624. The molecule has 2 aliphatic rings. The van der Waals surface area contributed by atoms with Crippen molar-refractivity contribution in [1.82, 2.24) is 10.2 Å². The zero-order valence-corrected chi connectivity index (χ0v) is 12.5. The fourth-order valence-electron chi connectivity index (χ4n) is 3.66. The number of piperazine rings is 1. The van der Waals surface area contributed by atoms with Gasteiger partial charge >= 0.3 is 5.97 Å². The third-order valence-corrected chi connectivity index (χ3v) is 4.71. The summed E-state index contributed by atoms with van der Waals surface area (Å²) in [5, 5.41) is 12.3. The van der Waals surface area contributed by atoms with Crippen molar-refractivity contribution in [3.8, 4) is 0 Å². The largest absolute Gasteiger partial charge is 0.480 e. The molecular formula is C16H18F2N2O3. The van der Waals surface area contributed by atoms with Gasteiger partial charge in [0, 0.05) is 12.6 Å². The van der Waals surface area contributed by atoms with Crippen LogP contribution in [0.4, 0.5) is 8.78 Å². The van der Waals surface area contributed by atoms with Gasteiger partial charge in [0.15, 0.2) is 0 Å². The zero-order valence-electron chi connectivity index (χ0n) is 12.5. The van der Waals surface area contributed by atoms with Crippen LogP contribution in [-0.2, 0) is 9.59 Å². The van der Waals surface area contributed by atoms with Gasteiger partial charge in [0.2, 0.25) is 5.91 Å². The van der Waals surface area contributed by atoms with E-state index in [0.717, 1.165) is 31.0 Å². The molecule has 1 aromatic carbocycles. The number of carbonyl (C=O) groups is 2. The lowest BCUT2D eigenvalue weighted by atomic mass is 9.89. The second kappa shape index (κ2) is 5.88. The van der Waals surface area contributed by atoms with E-state index in [1.807, 2.05) is 0 Å². The highest BCUT2D eigenvalue weighted by Crippen LogP contribution is 2.37. The van der Waals surface area contributed by atoms with Crippen LogP contribution in [0.5, 0.6) is 0 Å². The molecule has 1 aliphatic heterocycles. The van der Waals surface area contributed by atoms with Crippen LogP contribution in [0.1, 0.15) is 37.3 Å². The number of hydrogen-bond acceptors (Lipinski definition) is 3. The topological polar surface area (TPSA) is 69.6 Å². The second-order valence-electron chi connectivity index (χ2n) is 6.22. The van der Waals surface area contributed by atoms with Crippen molar-refractivity contribution in [2.45, 2.75) is 37.3 Å². The number of hydrogen-bond donors (Lipinski definition) is 2. The van der Waals surface area contributed by atoms with E-state index >= 15 is 0 Å². The Hall–Kier alpha value is -2.02. The first-order valence-corrected chi connectivity index (χ1v) is 7.65. The summed E-state index contributed by atoms with van der Waals surface area (Å²) in [4.78, 5) is 25.3. The van der Waals surface area contributed by atoms with E-state index in [-0.39, 0.29) is 18.0 Å². The van der Waals surface area contributed by atoms with Gasteiger partial charge in [-0.1, -0.05) is 12.8 Å². The van der Waals surface area contributed by atoms with Crippen molar-refractivity contribution in [1.29, 1.82) is 0 Å². The fraction of sp³-hybridized carbons (Fsp3) is 0.500. The molecule has 2 fully saturated rings. The number of carboxylic acids is 1. The number of rotatable bonds is 3. The summed E-state index contributed by atoms with van der Waals surface area (Å²) in [5.74, 6) is -2.93. The number of nitrogens with one attached hydrogen (secondary N) is 1. The van der Waals surface area contributed by atoms with E-state index in [0.29, 0.717) is 12.8 Å².